The van der Waals surface area contributed by atoms with Crippen LogP contribution in [0.1, 0.15) is 40.0 Å². The van der Waals surface area contributed by atoms with Gasteiger partial charge in [-0.25, -0.2) is 0 Å². The van der Waals surface area contributed by atoms with Crippen LogP contribution in [0.2, 0.25) is 0 Å². The molecule has 0 saturated carbocycles. The summed E-state index contributed by atoms with van der Waals surface area (Å²) in [6, 6.07) is 0. The van der Waals surface area contributed by atoms with Crippen molar-refractivity contribution in [3.05, 3.63) is 24.3 Å². The third-order valence-corrected chi connectivity index (χ3v) is 2.72. The van der Waals surface area contributed by atoms with Gasteiger partial charge in [-0.15, -0.1) is 0 Å². The van der Waals surface area contributed by atoms with Crippen molar-refractivity contribution in [2.24, 2.45) is 0 Å². The minimum absolute atomic E-state index is 0.0476. The predicted octanol–water partition coefficient (Wildman–Crippen LogP) is 3.01. The third-order valence-electron chi connectivity index (χ3n) is 2.72. The Kier molecular flexibility index (Phi) is 5.59. The highest BCUT2D eigenvalue weighted by Crippen LogP contribution is 2.32. The Hall–Kier alpha value is -0.930. The van der Waals surface area contributed by atoms with Crippen LogP contribution in [-0.2, 0) is 14.3 Å². The Labute approximate surface area is 103 Å². The lowest BCUT2D eigenvalue weighted by Crippen LogP contribution is -2.21. The Bertz CT molecular complexity index is 292. The van der Waals surface area contributed by atoms with Crippen LogP contribution < -0.4 is 0 Å². The molecular weight excluding hydrogens is 216 g/mol. The zero-order chi connectivity index (χ0) is 12.7. The molecule has 1 heterocycles. The van der Waals surface area contributed by atoms with Crippen LogP contribution in [0.4, 0.5) is 0 Å². The number of aldehydes is 1. The van der Waals surface area contributed by atoms with Crippen LogP contribution in [0.3, 0.4) is 0 Å². The summed E-state index contributed by atoms with van der Waals surface area (Å²) in [7, 11) is 0. The van der Waals surface area contributed by atoms with E-state index >= 15 is 0 Å². The molecule has 0 radical (unpaired) electrons. The fourth-order valence-electron chi connectivity index (χ4n) is 2.05. The molecule has 0 aromatic rings. The molecule has 17 heavy (non-hydrogen) atoms. The highest BCUT2D eigenvalue weighted by Gasteiger charge is 2.39. The topological polar surface area (TPSA) is 35.5 Å². The molecule has 1 fully saturated rings. The molecule has 0 aliphatic carbocycles. The first-order chi connectivity index (χ1) is 8.09. The summed E-state index contributed by atoms with van der Waals surface area (Å²) in [6.45, 7) is 5.87. The number of rotatable bonds is 6. The van der Waals surface area contributed by atoms with Gasteiger partial charge in [-0.3, -0.25) is 4.79 Å². The molecule has 3 nitrogen and oxygen atoms in total. The van der Waals surface area contributed by atoms with Crippen molar-refractivity contribution in [3.63, 3.8) is 0 Å². The lowest BCUT2D eigenvalue weighted by atomic mass is 10.1. The van der Waals surface area contributed by atoms with Gasteiger partial charge in [0.05, 0.1) is 12.2 Å². The maximum absolute atomic E-state index is 10.2. The molecule has 0 unspecified atom stereocenters. The van der Waals surface area contributed by atoms with Gasteiger partial charge in [0.25, 0.3) is 0 Å². The summed E-state index contributed by atoms with van der Waals surface area (Å²) in [6.07, 6.45) is 11.1. The minimum atomic E-state index is -0.514. The van der Waals surface area contributed by atoms with Crippen molar-refractivity contribution in [3.8, 4) is 0 Å². The third kappa shape index (κ3) is 4.84. The summed E-state index contributed by atoms with van der Waals surface area (Å²) < 4.78 is 11.7. The van der Waals surface area contributed by atoms with E-state index in [9.17, 15) is 4.79 Å². The van der Waals surface area contributed by atoms with Crippen LogP contribution in [0.5, 0.6) is 0 Å². The van der Waals surface area contributed by atoms with E-state index in [1.165, 1.54) is 6.08 Å². The second kappa shape index (κ2) is 6.72. The molecule has 96 valence electrons. The van der Waals surface area contributed by atoms with Gasteiger partial charge in [0.2, 0.25) is 0 Å². The Morgan fingerprint density at radius 3 is 2.53 bits per heavy atom. The lowest BCUT2D eigenvalue weighted by Gasteiger charge is -2.16. The summed E-state index contributed by atoms with van der Waals surface area (Å²) in [5.41, 5.74) is 0. The number of hydrogen-bond donors (Lipinski definition) is 0. The van der Waals surface area contributed by atoms with E-state index in [0.29, 0.717) is 0 Å². The van der Waals surface area contributed by atoms with Crippen molar-refractivity contribution < 1.29 is 14.3 Å². The molecular formula is C14H22O3. The predicted molar refractivity (Wildman–Crippen MR) is 67.7 cm³/mol. The van der Waals surface area contributed by atoms with Gasteiger partial charge >= 0.3 is 0 Å². The van der Waals surface area contributed by atoms with Gasteiger partial charge in [-0.2, -0.15) is 0 Å². The molecule has 2 atom stereocenters. The first-order valence-electron chi connectivity index (χ1n) is 6.16. The minimum Gasteiger partial charge on any atom is -0.345 e. The zero-order valence-electron chi connectivity index (χ0n) is 10.9. The van der Waals surface area contributed by atoms with Gasteiger partial charge in [0.1, 0.15) is 6.29 Å². The SMILES string of the molecule is C/C=C/CC[C@@H]1OC(C)(C)O[C@H]1C/C=C/C=O. The molecule has 0 aromatic heterocycles. The van der Waals surface area contributed by atoms with Gasteiger partial charge < -0.3 is 9.47 Å². The van der Waals surface area contributed by atoms with Crippen molar-refractivity contribution in [1.82, 2.24) is 0 Å². The molecule has 0 amide bonds. The second-order valence-electron chi connectivity index (χ2n) is 4.66. The van der Waals surface area contributed by atoms with Crippen molar-refractivity contribution in [1.29, 1.82) is 0 Å². The molecule has 0 N–H and O–H groups in total. The van der Waals surface area contributed by atoms with Gasteiger partial charge in [0.15, 0.2) is 5.79 Å². The molecule has 0 bridgehead atoms. The summed E-state index contributed by atoms with van der Waals surface area (Å²) in [5.74, 6) is -0.514. The number of carbonyl (C=O) groups is 1. The van der Waals surface area contributed by atoms with E-state index in [0.717, 1.165) is 25.5 Å². The molecule has 1 saturated heterocycles. The molecule has 3 heteroatoms. The summed E-state index contributed by atoms with van der Waals surface area (Å²) in [5, 5.41) is 0. The first kappa shape index (κ1) is 14.1. The molecule has 1 aliphatic rings. The zero-order valence-corrected chi connectivity index (χ0v) is 10.9. The van der Waals surface area contributed by atoms with E-state index in [1.54, 1.807) is 0 Å². The molecule has 0 aromatic carbocycles. The smallest absolute Gasteiger partial charge is 0.163 e. The van der Waals surface area contributed by atoms with E-state index < -0.39 is 5.79 Å². The van der Waals surface area contributed by atoms with Gasteiger partial charge in [0, 0.05) is 0 Å². The maximum atomic E-state index is 10.2. The Morgan fingerprint density at radius 1 is 1.18 bits per heavy atom. The number of hydrogen-bond acceptors (Lipinski definition) is 3. The highest BCUT2D eigenvalue weighted by atomic mass is 16.7. The van der Waals surface area contributed by atoms with E-state index in [-0.39, 0.29) is 12.2 Å². The highest BCUT2D eigenvalue weighted by molar-refractivity contribution is 5.64. The molecule has 1 rings (SSSR count). The second-order valence-corrected chi connectivity index (χ2v) is 4.66. The Morgan fingerprint density at radius 2 is 1.88 bits per heavy atom. The molecule has 1 aliphatic heterocycles. The maximum Gasteiger partial charge on any atom is 0.163 e. The van der Waals surface area contributed by atoms with Crippen LogP contribution in [0.15, 0.2) is 24.3 Å². The monoisotopic (exact) mass is 238 g/mol. The van der Waals surface area contributed by atoms with Gasteiger partial charge in [-0.05, 0) is 46.1 Å². The Balaban J connectivity index is 2.51. The van der Waals surface area contributed by atoms with Crippen LogP contribution in [-0.4, -0.2) is 24.3 Å². The van der Waals surface area contributed by atoms with Crippen LogP contribution >= 0.6 is 0 Å². The fraction of sp³-hybridized carbons (Fsp3) is 0.643. The lowest BCUT2D eigenvalue weighted by molar-refractivity contribution is -0.146. The van der Waals surface area contributed by atoms with Crippen molar-refractivity contribution >= 4 is 6.29 Å². The average molecular weight is 238 g/mol. The van der Waals surface area contributed by atoms with E-state index in [1.807, 2.05) is 32.9 Å². The average Bonchev–Trinajstić information content (AvgIpc) is 2.54. The number of ether oxygens (including phenoxy) is 2. The van der Waals surface area contributed by atoms with E-state index in [2.05, 4.69) is 6.08 Å². The largest absolute Gasteiger partial charge is 0.345 e. The molecule has 0 spiro atoms. The van der Waals surface area contributed by atoms with E-state index in [4.69, 9.17) is 9.47 Å². The first-order valence-corrected chi connectivity index (χ1v) is 6.16. The normalized spacial score (nSPS) is 28.2. The fourth-order valence-corrected chi connectivity index (χ4v) is 2.05. The summed E-state index contributed by atoms with van der Waals surface area (Å²) in [4.78, 5) is 10.2. The van der Waals surface area contributed by atoms with Crippen LogP contribution in [0, 0.1) is 0 Å². The number of carbonyl (C=O) groups excluding carboxylic acids is 1. The standard InChI is InChI=1S/C14H22O3/c1-4-5-6-9-12-13(10-7-8-11-15)17-14(2,3)16-12/h4-5,7-8,11-13H,6,9-10H2,1-3H3/b5-4+,8-7+/t12-,13-/m0/s1. The van der Waals surface area contributed by atoms with Crippen LogP contribution in [0.25, 0.3) is 0 Å². The van der Waals surface area contributed by atoms with Gasteiger partial charge in [-0.1, -0.05) is 18.2 Å². The van der Waals surface area contributed by atoms with Crippen molar-refractivity contribution in [2.75, 3.05) is 0 Å². The number of allylic oxidation sites excluding steroid dienone is 3. The summed E-state index contributed by atoms with van der Waals surface area (Å²) >= 11 is 0. The van der Waals surface area contributed by atoms with Crippen molar-refractivity contribution in [2.45, 2.75) is 58.0 Å². The quantitative estimate of drug-likeness (QED) is 0.405.